The molecule has 0 spiro atoms. The zero-order valence-electron chi connectivity index (χ0n) is 11.0. The van der Waals surface area contributed by atoms with Crippen LogP contribution in [0.4, 0.5) is 11.5 Å². The second-order valence-corrected chi connectivity index (χ2v) is 4.65. The van der Waals surface area contributed by atoms with Gasteiger partial charge in [-0.05, 0) is 11.6 Å². The molecule has 0 aliphatic rings. The average molecular weight is 276 g/mol. The molecule has 21 heavy (non-hydrogen) atoms. The normalized spacial score (nSPS) is 10.9. The van der Waals surface area contributed by atoms with Gasteiger partial charge in [-0.3, -0.25) is 10.2 Å². The smallest absolute Gasteiger partial charge is 0.157 e. The summed E-state index contributed by atoms with van der Waals surface area (Å²) in [6, 6.07) is 13.9. The minimum atomic E-state index is 0.749. The minimum Gasteiger partial charge on any atom is -0.338 e. The molecule has 0 bridgehead atoms. The Hall–Kier alpha value is -3.15. The number of benzene rings is 1. The molecule has 3 N–H and O–H groups in total. The number of H-pyrrole nitrogens is 2. The molecule has 6 heteroatoms. The van der Waals surface area contributed by atoms with Gasteiger partial charge in [0.05, 0.1) is 23.0 Å². The lowest BCUT2D eigenvalue weighted by molar-refractivity contribution is 1.10. The van der Waals surface area contributed by atoms with Crippen molar-refractivity contribution in [1.82, 2.24) is 25.4 Å². The zero-order valence-corrected chi connectivity index (χ0v) is 11.0. The maximum Gasteiger partial charge on any atom is 0.157 e. The molecule has 0 atom stereocenters. The SMILES string of the molecule is c1ccc(-c2cc(Nc3ccnc4[nH]ncc34)n[nH]2)cc1. The molecule has 6 nitrogen and oxygen atoms in total. The van der Waals surface area contributed by atoms with Gasteiger partial charge in [-0.25, -0.2) is 4.98 Å². The third kappa shape index (κ3) is 2.12. The number of nitrogens with one attached hydrogen (secondary N) is 3. The van der Waals surface area contributed by atoms with Gasteiger partial charge in [0.25, 0.3) is 0 Å². The summed E-state index contributed by atoms with van der Waals surface area (Å²) in [6.45, 7) is 0. The fourth-order valence-electron chi connectivity index (χ4n) is 2.25. The Morgan fingerprint density at radius 3 is 2.81 bits per heavy atom. The van der Waals surface area contributed by atoms with Crippen molar-refractivity contribution < 1.29 is 0 Å². The van der Waals surface area contributed by atoms with E-state index in [-0.39, 0.29) is 0 Å². The molecule has 0 aliphatic carbocycles. The predicted octanol–water partition coefficient (Wildman–Crippen LogP) is 3.09. The summed E-state index contributed by atoms with van der Waals surface area (Å²) < 4.78 is 0. The summed E-state index contributed by atoms with van der Waals surface area (Å²) in [4.78, 5) is 4.21. The Labute approximate surface area is 120 Å². The van der Waals surface area contributed by atoms with Crippen LogP contribution in [0.1, 0.15) is 0 Å². The van der Waals surface area contributed by atoms with Gasteiger partial charge >= 0.3 is 0 Å². The van der Waals surface area contributed by atoms with E-state index < -0.39 is 0 Å². The molecule has 0 aliphatic heterocycles. The van der Waals surface area contributed by atoms with Crippen LogP contribution in [0.25, 0.3) is 22.3 Å². The molecule has 0 fully saturated rings. The Bertz CT molecular complexity index is 877. The van der Waals surface area contributed by atoms with Crippen LogP contribution in [-0.4, -0.2) is 25.4 Å². The van der Waals surface area contributed by atoms with E-state index in [1.165, 1.54) is 0 Å². The Morgan fingerprint density at radius 2 is 1.90 bits per heavy atom. The van der Waals surface area contributed by atoms with Crippen molar-refractivity contribution >= 4 is 22.5 Å². The van der Waals surface area contributed by atoms with E-state index >= 15 is 0 Å². The van der Waals surface area contributed by atoms with Crippen molar-refractivity contribution in [2.45, 2.75) is 0 Å². The highest BCUT2D eigenvalue weighted by Crippen LogP contribution is 2.25. The minimum absolute atomic E-state index is 0.749. The summed E-state index contributed by atoms with van der Waals surface area (Å²) >= 11 is 0. The molecule has 0 saturated heterocycles. The van der Waals surface area contributed by atoms with Crippen LogP contribution >= 0.6 is 0 Å². The summed E-state index contributed by atoms with van der Waals surface area (Å²) in [5.41, 5.74) is 3.73. The van der Waals surface area contributed by atoms with E-state index in [0.29, 0.717) is 0 Å². The summed E-state index contributed by atoms with van der Waals surface area (Å²) in [7, 11) is 0. The molecule has 3 heterocycles. The van der Waals surface area contributed by atoms with E-state index in [1.54, 1.807) is 12.4 Å². The van der Waals surface area contributed by atoms with Gasteiger partial charge in [-0.15, -0.1) is 0 Å². The number of hydrogen-bond acceptors (Lipinski definition) is 4. The highest BCUT2D eigenvalue weighted by molar-refractivity contribution is 5.90. The second-order valence-electron chi connectivity index (χ2n) is 4.65. The summed E-state index contributed by atoms with van der Waals surface area (Å²) in [6.07, 6.45) is 3.48. The second kappa shape index (κ2) is 4.75. The molecule has 0 amide bonds. The van der Waals surface area contributed by atoms with Crippen molar-refractivity contribution in [3.63, 3.8) is 0 Å². The summed E-state index contributed by atoms with van der Waals surface area (Å²) in [5, 5.41) is 18.4. The molecule has 4 aromatic rings. The first-order valence-electron chi connectivity index (χ1n) is 6.56. The fraction of sp³-hybridized carbons (Fsp3) is 0. The first-order chi connectivity index (χ1) is 10.4. The first-order valence-corrected chi connectivity index (χ1v) is 6.56. The summed E-state index contributed by atoms with van der Waals surface area (Å²) in [5.74, 6) is 0.752. The molecule has 4 rings (SSSR count). The number of nitrogens with zero attached hydrogens (tertiary/aromatic N) is 3. The van der Waals surface area contributed by atoms with Gasteiger partial charge in [-0.1, -0.05) is 30.3 Å². The first kappa shape index (κ1) is 11.7. The number of hydrogen-bond donors (Lipinski definition) is 3. The standard InChI is InChI=1S/C15H12N6/c1-2-4-10(5-3-1)13-8-14(20-19-13)18-12-6-7-16-15-11(12)9-17-21-15/h1-9H,(H3,16,17,18,19,20,21). The molecule has 1 aromatic carbocycles. The Kier molecular flexibility index (Phi) is 2.64. The van der Waals surface area contributed by atoms with Gasteiger partial charge in [0.2, 0.25) is 0 Å². The Balaban J connectivity index is 1.66. The van der Waals surface area contributed by atoms with E-state index in [2.05, 4.69) is 30.7 Å². The molecule has 0 saturated carbocycles. The topological polar surface area (TPSA) is 82.3 Å². The number of aromatic nitrogens is 5. The van der Waals surface area contributed by atoms with Gasteiger partial charge in [0.1, 0.15) is 0 Å². The third-order valence-electron chi connectivity index (χ3n) is 3.28. The highest BCUT2D eigenvalue weighted by atomic mass is 15.2. The monoisotopic (exact) mass is 276 g/mol. The van der Waals surface area contributed by atoms with E-state index in [0.717, 1.165) is 33.8 Å². The van der Waals surface area contributed by atoms with Crippen molar-refractivity contribution in [2.75, 3.05) is 5.32 Å². The van der Waals surface area contributed by atoms with E-state index in [1.807, 2.05) is 42.5 Å². The van der Waals surface area contributed by atoms with Crippen molar-refractivity contribution in [3.05, 3.63) is 54.9 Å². The molecular weight excluding hydrogens is 264 g/mol. The van der Waals surface area contributed by atoms with Crippen molar-refractivity contribution in [1.29, 1.82) is 0 Å². The molecule has 102 valence electrons. The van der Waals surface area contributed by atoms with Crippen LogP contribution < -0.4 is 5.32 Å². The Morgan fingerprint density at radius 1 is 1.00 bits per heavy atom. The van der Waals surface area contributed by atoms with Gasteiger partial charge in [0.15, 0.2) is 11.5 Å². The highest BCUT2D eigenvalue weighted by Gasteiger charge is 2.07. The number of fused-ring (bicyclic) bond motifs is 1. The quantitative estimate of drug-likeness (QED) is 0.537. The van der Waals surface area contributed by atoms with E-state index in [4.69, 9.17) is 0 Å². The van der Waals surface area contributed by atoms with E-state index in [9.17, 15) is 0 Å². The predicted molar refractivity (Wildman–Crippen MR) is 81.2 cm³/mol. The van der Waals surface area contributed by atoms with Crippen LogP contribution in [-0.2, 0) is 0 Å². The zero-order chi connectivity index (χ0) is 14.1. The number of rotatable bonds is 3. The van der Waals surface area contributed by atoms with Crippen molar-refractivity contribution in [3.8, 4) is 11.3 Å². The van der Waals surface area contributed by atoms with Crippen LogP contribution in [0, 0.1) is 0 Å². The van der Waals surface area contributed by atoms with Gasteiger partial charge in [-0.2, -0.15) is 10.2 Å². The lowest BCUT2D eigenvalue weighted by Gasteiger charge is -2.02. The van der Waals surface area contributed by atoms with Crippen LogP contribution in [0.3, 0.4) is 0 Å². The van der Waals surface area contributed by atoms with Crippen LogP contribution in [0.5, 0.6) is 0 Å². The molecule has 3 aromatic heterocycles. The number of aromatic amines is 2. The molecule has 0 unspecified atom stereocenters. The molecular formula is C15H12N6. The average Bonchev–Trinajstić information content (AvgIpc) is 3.17. The maximum absolute atomic E-state index is 4.29. The van der Waals surface area contributed by atoms with Crippen molar-refractivity contribution in [2.24, 2.45) is 0 Å². The van der Waals surface area contributed by atoms with Crippen LogP contribution in [0.15, 0.2) is 54.9 Å². The fourth-order valence-corrected chi connectivity index (χ4v) is 2.25. The van der Waals surface area contributed by atoms with Gasteiger partial charge < -0.3 is 5.32 Å². The van der Waals surface area contributed by atoms with Gasteiger partial charge in [0, 0.05) is 12.3 Å². The largest absolute Gasteiger partial charge is 0.338 e. The molecule has 0 radical (unpaired) electrons. The lowest BCUT2D eigenvalue weighted by Crippen LogP contribution is -1.91. The third-order valence-corrected chi connectivity index (χ3v) is 3.28. The number of anilines is 2. The van der Waals surface area contributed by atoms with Crippen LogP contribution in [0.2, 0.25) is 0 Å². The lowest BCUT2D eigenvalue weighted by atomic mass is 10.1. The maximum atomic E-state index is 4.29. The number of pyridine rings is 1.